The van der Waals surface area contributed by atoms with Crippen LogP contribution in [0.1, 0.15) is 38.5 Å². The molecule has 0 saturated heterocycles. The fourth-order valence-electron chi connectivity index (χ4n) is 2.33. The molecule has 0 aromatic carbocycles. The first-order valence-corrected chi connectivity index (χ1v) is 10.1. The molecule has 1 unspecified atom stereocenters. The highest BCUT2D eigenvalue weighted by Crippen LogP contribution is 2.50. The van der Waals surface area contributed by atoms with E-state index < -0.39 is 66.3 Å². The van der Waals surface area contributed by atoms with E-state index in [2.05, 4.69) is 4.18 Å². The zero-order valence-corrected chi connectivity index (χ0v) is 16.4. The van der Waals surface area contributed by atoms with Crippen LogP contribution in [0.15, 0.2) is 30.6 Å². The van der Waals surface area contributed by atoms with Crippen molar-refractivity contribution in [2.75, 3.05) is 0 Å². The van der Waals surface area contributed by atoms with Gasteiger partial charge >= 0.3 is 34.4 Å². The van der Waals surface area contributed by atoms with Crippen LogP contribution >= 0.6 is 0 Å². The zero-order chi connectivity index (χ0) is 24.1. The second-order valence-corrected chi connectivity index (χ2v) is 7.94. The predicted molar refractivity (Wildman–Crippen MR) is 85.5 cm³/mol. The van der Waals surface area contributed by atoms with Crippen molar-refractivity contribution < 1.29 is 60.5 Å². The molecule has 0 amide bonds. The average molecular weight is 494 g/mol. The van der Waals surface area contributed by atoms with Gasteiger partial charge in [-0.1, -0.05) is 29.3 Å². The van der Waals surface area contributed by atoms with E-state index in [1.165, 1.54) is 6.07 Å². The average Bonchev–Trinajstić information content (AvgIpc) is 2.63. The van der Waals surface area contributed by atoms with Crippen molar-refractivity contribution in [1.29, 1.82) is 0 Å². The maximum atomic E-state index is 13.8. The molecule has 0 spiro atoms. The molecule has 0 N–H and O–H groups in total. The number of halogens is 10. The van der Waals surface area contributed by atoms with Crippen molar-refractivity contribution in [2.24, 2.45) is 0 Å². The van der Waals surface area contributed by atoms with E-state index in [9.17, 15) is 52.3 Å². The normalized spacial score (nSPS) is 15.2. The number of pyridine rings is 1. The summed E-state index contributed by atoms with van der Waals surface area (Å²) in [6, 6.07) is 3.19. The lowest BCUT2D eigenvalue weighted by Crippen LogP contribution is -2.61. The molecule has 0 aliphatic heterocycles. The van der Waals surface area contributed by atoms with Gasteiger partial charge in [-0.05, 0) is 12.8 Å². The third-order valence-corrected chi connectivity index (χ3v) is 5.18. The van der Waals surface area contributed by atoms with Crippen LogP contribution in [0.25, 0.3) is 0 Å². The van der Waals surface area contributed by atoms with Crippen LogP contribution in [0.2, 0.25) is 0 Å². The first-order chi connectivity index (χ1) is 13.9. The molecule has 0 bridgehead atoms. The number of aromatic nitrogens is 1. The number of nitrogens with zero attached hydrogens (tertiary/aromatic N) is 1. The van der Waals surface area contributed by atoms with Gasteiger partial charge in [0, 0.05) is 18.6 Å². The summed E-state index contributed by atoms with van der Waals surface area (Å²) in [5.41, 5.74) is 0. The number of rotatable bonds is 12. The van der Waals surface area contributed by atoms with Crippen LogP contribution in [-0.2, 0) is 14.5 Å². The van der Waals surface area contributed by atoms with Gasteiger partial charge < -0.3 is 0 Å². The van der Waals surface area contributed by atoms with Gasteiger partial charge in [0.05, 0.1) is 0 Å². The number of hydrogen-bond acceptors (Lipinski definition) is 3. The van der Waals surface area contributed by atoms with Crippen molar-refractivity contribution >= 4 is 10.3 Å². The molecule has 1 aromatic heterocycles. The third-order valence-electron chi connectivity index (χ3n) is 4.00. The van der Waals surface area contributed by atoms with Gasteiger partial charge in [-0.15, -0.1) is 12.6 Å². The molecular weight excluding hydrogens is 476 g/mol. The minimum absolute atomic E-state index is 0.0942. The van der Waals surface area contributed by atoms with E-state index in [1.54, 1.807) is 0 Å². The Bertz CT molecular complexity index is 800. The van der Waals surface area contributed by atoms with Crippen molar-refractivity contribution in [2.45, 2.75) is 68.8 Å². The molecule has 1 atom stereocenters. The largest absolute Gasteiger partial charge is 0.519 e. The molecule has 1 heterocycles. The lowest BCUT2D eigenvalue weighted by Gasteiger charge is -2.32. The summed E-state index contributed by atoms with van der Waals surface area (Å²) in [6.07, 6.45) is -17.4. The van der Waals surface area contributed by atoms with Gasteiger partial charge in [-0.3, -0.25) is 0 Å². The molecule has 0 aliphatic rings. The Kier molecular flexibility index (Phi) is 8.73. The molecule has 15 heteroatoms. The predicted octanol–water partition coefficient (Wildman–Crippen LogP) is 5.19. The lowest BCUT2D eigenvalue weighted by atomic mass is 10.00. The Morgan fingerprint density at radius 1 is 0.806 bits per heavy atom. The van der Waals surface area contributed by atoms with Crippen LogP contribution in [-0.4, -0.2) is 38.7 Å². The fourth-order valence-corrected chi connectivity index (χ4v) is 3.23. The molecule has 1 aromatic rings. The Morgan fingerprint density at radius 2 is 1.32 bits per heavy atom. The van der Waals surface area contributed by atoms with E-state index in [1.807, 2.05) is 0 Å². The molecule has 180 valence electrons. The highest BCUT2D eigenvalue weighted by atomic mass is 32.2. The Balaban J connectivity index is 2.79. The summed E-state index contributed by atoms with van der Waals surface area (Å²) in [5, 5.41) is 0. The summed E-state index contributed by atoms with van der Waals surface area (Å²) in [6.45, 7) is 0. The van der Waals surface area contributed by atoms with E-state index in [0.29, 0.717) is 12.4 Å². The van der Waals surface area contributed by atoms with Crippen LogP contribution in [0.5, 0.6) is 0 Å². The first kappa shape index (κ1) is 27.4. The molecule has 4 nitrogen and oxygen atoms in total. The highest BCUT2D eigenvalue weighted by molar-refractivity contribution is 7.80. The lowest BCUT2D eigenvalue weighted by molar-refractivity contribution is -0.528. The minimum atomic E-state index is -6.57. The van der Waals surface area contributed by atoms with E-state index in [0.717, 1.165) is 12.1 Å². The van der Waals surface area contributed by atoms with Crippen LogP contribution in [0.3, 0.4) is 0 Å². The first-order valence-electron chi connectivity index (χ1n) is 8.71. The SMILES string of the molecule is O=S(=O)(OC(F)(F)C(F)(F)C(F)(F)C(F)CCCCCCC(F)(F)F)[n+]1ccccc1. The minimum Gasteiger partial charge on any atom is -0.241 e. The molecule has 1 rings (SSSR count). The Morgan fingerprint density at radius 3 is 1.84 bits per heavy atom. The van der Waals surface area contributed by atoms with Gasteiger partial charge in [0.25, 0.3) is 0 Å². The van der Waals surface area contributed by atoms with Crippen molar-refractivity contribution in [3.63, 3.8) is 0 Å². The van der Waals surface area contributed by atoms with Crippen LogP contribution < -0.4 is 3.97 Å². The molecular formula is C16H18F10NO3S+. The molecule has 0 saturated carbocycles. The topological polar surface area (TPSA) is 47.3 Å². The Hall–Kier alpha value is -1.64. The standard InChI is InChI=1S/C16H18F10NO3S/c17-12(8-4-1-2-5-9-13(18,19)20)14(21,22)15(23,24)16(25,26)30-31(28,29)27-10-6-3-7-11-27/h3,6-7,10-12H,1-2,4-5,8-9H2/q+1. The summed E-state index contributed by atoms with van der Waals surface area (Å²) < 4.78 is 158. The summed E-state index contributed by atoms with van der Waals surface area (Å²) >= 11 is 0. The van der Waals surface area contributed by atoms with E-state index in [4.69, 9.17) is 0 Å². The van der Waals surface area contributed by atoms with Gasteiger partial charge in [-0.2, -0.15) is 39.5 Å². The van der Waals surface area contributed by atoms with Crippen LogP contribution in [0, 0.1) is 0 Å². The maximum absolute atomic E-state index is 13.8. The summed E-state index contributed by atoms with van der Waals surface area (Å²) in [4.78, 5) is 0. The number of unbranched alkanes of at least 4 members (excludes halogenated alkanes) is 3. The summed E-state index contributed by atoms with van der Waals surface area (Å²) in [5.74, 6) is -12.6. The number of alkyl halides is 10. The monoisotopic (exact) mass is 494 g/mol. The third kappa shape index (κ3) is 7.19. The van der Waals surface area contributed by atoms with E-state index >= 15 is 0 Å². The number of hydrogen-bond donors (Lipinski definition) is 0. The maximum Gasteiger partial charge on any atom is 0.519 e. The second kappa shape index (κ2) is 9.88. The molecule has 0 radical (unpaired) electrons. The van der Waals surface area contributed by atoms with Gasteiger partial charge in [0.2, 0.25) is 0 Å². The smallest absolute Gasteiger partial charge is 0.241 e. The van der Waals surface area contributed by atoms with Crippen molar-refractivity contribution in [3.8, 4) is 0 Å². The van der Waals surface area contributed by atoms with Crippen LogP contribution in [0.4, 0.5) is 43.9 Å². The summed E-state index contributed by atoms with van der Waals surface area (Å²) in [7, 11) is -5.69. The van der Waals surface area contributed by atoms with Gasteiger partial charge in [0.15, 0.2) is 18.6 Å². The quantitative estimate of drug-likeness (QED) is 0.228. The molecule has 0 aliphatic carbocycles. The van der Waals surface area contributed by atoms with E-state index in [-0.39, 0.29) is 16.8 Å². The van der Waals surface area contributed by atoms with Gasteiger partial charge in [-0.25, -0.2) is 4.39 Å². The fraction of sp³-hybridized carbons (Fsp3) is 0.688. The molecule has 0 fully saturated rings. The highest BCUT2D eigenvalue weighted by Gasteiger charge is 2.77. The Labute approximate surface area is 171 Å². The molecule has 31 heavy (non-hydrogen) atoms. The van der Waals surface area contributed by atoms with Crippen molar-refractivity contribution in [1.82, 2.24) is 0 Å². The second-order valence-electron chi connectivity index (χ2n) is 6.50. The van der Waals surface area contributed by atoms with Crippen molar-refractivity contribution in [3.05, 3.63) is 30.6 Å². The zero-order valence-electron chi connectivity index (χ0n) is 15.6. The van der Waals surface area contributed by atoms with Gasteiger partial charge in [0.1, 0.15) is 0 Å².